The summed E-state index contributed by atoms with van der Waals surface area (Å²) in [6.45, 7) is 5.47. The topological polar surface area (TPSA) is 78.8 Å². The third-order valence-corrected chi connectivity index (χ3v) is 2.42. The summed E-state index contributed by atoms with van der Waals surface area (Å²) >= 11 is 0. The van der Waals surface area contributed by atoms with E-state index in [0.717, 1.165) is 0 Å². The number of aromatic nitrogens is 4. The van der Waals surface area contributed by atoms with E-state index in [1.807, 2.05) is 13.8 Å². The van der Waals surface area contributed by atoms with Gasteiger partial charge in [0.05, 0.1) is 4.92 Å². The van der Waals surface area contributed by atoms with Gasteiger partial charge >= 0.3 is 5.69 Å². The van der Waals surface area contributed by atoms with Crippen molar-refractivity contribution >= 4 is 5.69 Å². The van der Waals surface area contributed by atoms with E-state index >= 15 is 0 Å². The molecule has 0 fully saturated rings. The van der Waals surface area contributed by atoms with Gasteiger partial charge in [0, 0.05) is 18.4 Å². The number of hydrogen-bond donors (Lipinski definition) is 0. The molecule has 7 heteroatoms. The van der Waals surface area contributed by atoms with Gasteiger partial charge in [-0.05, 0) is 26.8 Å². The van der Waals surface area contributed by atoms with Gasteiger partial charge in [0.2, 0.25) is 5.82 Å². The first-order chi connectivity index (χ1) is 8.02. The van der Waals surface area contributed by atoms with Crippen molar-refractivity contribution in [1.29, 1.82) is 0 Å². The van der Waals surface area contributed by atoms with Gasteiger partial charge in [0.15, 0.2) is 0 Å². The van der Waals surface area contributed by atoms with Gasteiger partial charge < -0.3 is 0 Å². The number of aryl methyl sites for hydroxylation is 1. The number of hydrogen-bond acceptors (Lipinski definition) is 4. The average Bonchev–Trinajstić information content (AvgIpc) is 2.82. The minimum Gasteiger partial charge on any atom is -0.258 e. The summed E-state index contributed by atoms with van der Waals surface area (Å²) in [6, 6.07) is 1.75. The van der Waals surface area contributed by atoms with Gasteiger partial charge in [-0.1, -0.05) is 0 Å². The van der Waals surface area contributed by atoms with Gasteiger partial charge in [-0.15, -0.1) is 0 Å². The van der Waals surface area contributed by atoms with Crippen LogP contribution in [0, 0.1) is 17.0 Å². The lowest BCUT2D eigenvalue weighted by Crippen LogP contribution is -2.11. The van der Waals surface area contributed by atoms with E-state index < -0.39 is 4.92 Å². The summed E-state index contributed by atoms with van der Waals surface area (Å²) in [4.78, 5) is 10.7. The van der Waals surface area contributed by atoms with Crippen LogP contribution in [-0.4, -0.2) is 24.5 Å². The third-order valence-electron chi connectivity index (χ3n) is 2.42. The van der Waals surface area contributed by atoms with Gasteiger partial charge in [-0.3, -0.25) is 10.1 Å². The summed E-state index contributed by atoms with van der Waals surface area (Å²) in [7, 11) is 0. The molecule has 17 heavy (non-hydrogen) atoms. The summed E-state index contributed by atoms with van der Waals surface area (Å²) in [5.74, 6) is 0.396. The van der Waals surface area contributed by atoms with Crippen LogP contribution in [0.2, 0.25) is 0 Å². The molecule has 0 aliphatic heterocycles. The Morgan fingerprint density at radius 3 is 2.65 bits per heavy atom. The molecule has 0 bridgehead atoms. The van der Waals surface area contributed by atoms with Crippen LogP contribution in [0.5, 0.6) is 0 Å². The Morgan fingerprint density at radius 1 is 1.47 bits per heavy atom. The molecular weight excluding hydrogens is 222 g/mol. The highest BCUT2D eigenvalue weighted by Crippen LogP contribution is 2.28. The van der Waals surface area contributed by atoms with Crippen molar-refractivity contribution in [2.45, 2.75) is 26.8 Å². The van der Waals surface area contributed by atoms with E-state index in [0.29, 0.717) is 11.5 Å². The number of rotatable bonds is 3. The molecule has 2 aromatic heterocycles. The number of nitro groups is 1. The second kappa shape index (κ2) is 4.00. The van der Waals surface area contributed by atoms with Crippen LogP contribution in [0.3, 0.4) is 0 Å². The smallest absolute Gasteiger partial charge is 0.258 e. The van der Waals surface area contributed by atoms with E-state index in [1.165, 1.54) is 4.68 Å². The Hall–Kier alpha value is -2.18. The van der Waals surface area contributed by atoms with Crippen molar-refractivity contribution in [1.82, 2.24) is 19.6 Å². The molecular formula is C10H13N5O2. The lowest BCUT2D eigenvalue weighted by Gasteiger charge is -2.09. The first kappa shape index (κ1) is 11.3. The van der Waals surface area contributed by atoms with E-state index in [9.17, 15) is 10.1 Å². The first-order valence-electron chi connectivity index (χ1n) is 5.26. The van der Waals surface area contributed by atoms with Crippen LogP contribution in [0.1, 0.15) is 25.6 Å². The molecule has 0 aromatic carbocycles. The molecule has 2 aromatic rings. The quantitative estimate of drug-likeness (QED) is 0.600. The zero-order valence-electron chi connectivity index (χ0n) is 9.86. The predicted molar refractivity (Wildman–Crippen MR) is 61.1 cm³/mol. The van der Waals surface area contributed by atoms with Crippen LogP contribution in [0.4, 0.5) is 5.69 Å². The van der Waals surface area contributed by atoms with E-state index in [1.54, 1.807) is 30.1 Å². The van der Waals surface area contributed by atoms with Gasteiger partial charge in [-0.2, -0.15) is 10.2 Å². The normalized spacial score (nSPS) is 11.1. The molecule has 7 nitrogen and oxygen atoms in total. The van der Waals surface area contributed by atoms with E-state index in [2.05, 4.69) is 10.2 Å². The van der Waals surface area contributed by atoms with Crippen molar-refractivity contribution < 1.29 is 4.92 Å². The lowest BCUT2D eigenvalue weighted by atomic mass is 10.3. The maximum absolute atomic E-state index is 11.1. The second-order valence-corrected chi connectivity index (χ2v) is 4.00. The van der Waals surface area contributed by atoms with Crippen LogP contribution < -0.4 is 0 Å². The monoisotopic (exact) mass is 235 g/mol. The molecule has 0 radical (unpaired) electrons. The largest absolute Gasteiger partial charge is 0.336 e. The van der Waals surface area contributed by atoms with Crippen molar-refractivity contribution in [3.8, 4) is 5.82 Å². The van der Waals surface area contributed by atoms with Crippen LogP contribution in [-0.2, 0) is 0 Å². The molecule has 0 N–H and O–H groups in total. The van der Waals surface area contributed by atoms with Crippen molar-refractivity contribution in [2.24, 2.45) is 0 Å². The zero-order valence-corrected chi connectivity index (χ0v) is 9.86. The van der Waals surface area contributed by atoms with Gasteiger partial charge in [-0.25, -0.2) is 9.36 Å². The fourth-order valence-electron chi connectivity index (χ4n) is 1.71. The van der Waals surface area contributed by atoms with E-state index in [4.69, 9.17) is 0 Å². The maximum Gasteiger partial charge on any atom is 0.336 e. The summed E-state index contributed by atoms with van der Waals surface area (Å²) in [5.41, 5.74) is 0.400. The highest BCUT2D eigenvalue weighted by atomic mass is 16.6. The molecule has 0 aliphatic carbocycles. The highest BCUT2D eigenvalue weighted by Gasteiger charge is 2.27. The van der Waals surface area contributed by atoms with Gasteiger partial charge in [0.1, 0.15) is 5.69 Å². The molecule has 0 amide bonds. The summed E-state index contributed by atoms with van der Waals surface area (Å²) in [5, 5.41) is 19.3. The van der Waals surface area contributed by atoms with Gasteiger partial charge in [0.25, 0.3) is 0 Å². The third kappa shape index (κ3) is 1.79. The summed E-state index contributed by atoms with van der Waals surface area (Å²) < 4.78 is 3.08. The molecule has 2 rings (SSSR count). The molecule has 0 unspecified atom stereocenters. The van der Waals surface area contributed by atoms with E-state index in [-0.39, 0.29) is 11.7 Å². The Morgan fingerprint density at radius 2 is 2.18 bits per heavy atom. The number of nitrogens with zero attached hydrogens (tertiary/aromatic N) is 5. The van der Waals surface area contributed by atoms with Crippen LogP contribution >= 0.6 is 0 Å². The van der Waals surface area contributed by atoms with Crippen molar-refractivity contribution in [3.63, 3.8) is 0 Å². The van der Waals surface area contributed by atoms with Crippen molar-refractivity contribution in [3.05, 3.63) is 34.3 Å². The zero-order chi connectivity index (χ0) is 12.6. The second-order valence-electron chi connectivity index (χ2n) is 4.00. The summed E-state index contributed by atoms with van der Waals surface area (Å²) in [6.07, 6.45) is 3.25. The molecule has 0 aliphatic rings. The minimum absolute atomic E-state index is 0.00222. The molecule has 0 saturated heterocycles. The predicted octanol–water partition coefficient (Wildman–Crippen LogP) is 1.87. The Kier molecular flexibility index (Phi) is 2.66. The Bertz CT molecular complexity index is 541. The Balaban J connectivity index is 2.73. The fourth-order valence-corrected chi connectivity index (χ4v) is 1.71. The van der Waals surface area contributed by atoms with Crippen LogP contribution in [0.15, 0.2) is 18.5 Å². The molecule has 2 heterocycles. The Labute approximate surface area is 97.8 Å². The fraction of sp³-hybridized carbons (Fsp3) is 0.400. The standard InChI is InChI=1S/C10H13N5O2/c1-7(2)14-10(13-6-4-5-11-13)9(15(16)17)8(3)12-14/h4-7H,1-3H3. The molecule has 0 spiro atoms. The minimum atomic E-state index is -0.418. The highest BCUT2D eigenvalue weighted by molar-refractivity contribution is 5.51. The SMILES string of the molecule is Cc1nn(C(C)C)c(-n2cccn2)c1[N+](=O)[O-]. The first-order valence-corrected chi connectivity index (χ1v) is 5.26. The maximum atomic E-state index is 11.1. The average molecular weight is 235 g/mol. The van der Waals surface area contributed by atoms with Crippen LogP contribution in [0.25, 0.3) is 5.82 Å². The molecule has 90 valence electrons. The molecule has 0 atom stereocenters. The molecule has 0 saturated carbocycles. The van der Waals surface area contributed by atoms with Crippen molar-refractivity contribution in [2.75, 3.05) is 0 Å². The lowest BCUT2D eigenvalue weighted by molar-refractivity contribution is -0.385.